The molecular formula is C24H24N2O5. The number of para-hydroxylation sites is 1. The van der Waals surface area contributed by atoms with Gasteiger partial charge in [-0.1, -0.05) is 42.5 Å². The van der Waals surface area contributed by atoms with Crippen molar-refractivity contribution >= 4 is 34.9 Å². The number of benzene rings is 2. The molecule has 0 saturated carbocycles. The smallest absolute Gasteiger partial charge is 0.425 e. The van der Waals surface area contributed by atoms with Crippen LogP contribution in [0.1, 0.15) is 22.4 Å². The number of esters is 3. The molecule has 1 heterocycles. The zero-order chi connectivity index (χ0) is 22.2. The Morgan fingerprint density at radius 3 is 2.52 bits per heavy atom. The largest absolute Gasteiger partial charge is 0.461 e. The minimum absolute atomic E-state index is 0.723. The Bertz CT molecular complexity index is 1110. The van der Waals surface area contributed by atoms with E-state index < -0.39 is 17.9 Å². The van der Waals surface area contributed by atoms with E-state index in [0.29, 0.717) is 0 Å². The van der Waals surface area contributed by atoms with Crippen LogP contribution in [0.25, 0.3) is 17.0 Å². The van der Waals surface area contributed by atoms with E-state index in [-0.39, 0.29) is 0 Å². The molecule has 7 heteroatoms. The second-order valence-corrected chi connectivity index (χ2v) is 6.98. The van der Waals surface area contributed by atoms with E-state index in [1.807, 2.05) is 30.3 Å². The Balaban J connectivity index is 1.46. The summed E-state index contributed by atoms with van der Waals surface area (Å²) in [6.07, 6.45) is 3.52. The van der Waals surface area contributed by atoms with Crippen molar-refractivity contribution in [2.75, 3.05) is 13.7 Å². The van der Waals surface area contributed by atoms with E-state index in [0.717, 1.165) is 49.3 Å². The third kappa shape index (κ3) is 5.90. The minimum atomic E-state index is -1.35. The average molecular weight is 420 g/mol. The lowest BCUT2D eigenvalue weighted by molar-refractivity contribution is -0.170. The van der Waals surface area contributed by atoms with Gasteiger partial charge in [0, 0.05) is 29.2 Å². The van der Waals surface area contributed by atoms with Crippen molar-refractivity contribution in [1.29, 1.82) is 0 Å². The third-order valence-corrected chi connectivity index (χ3v) is 4.84. The number of hydrogen-bond donors (Lipinski definition) is 2. The molecule has 7 nitrogen and oxygen atoms in total. The molecule has 3 aromatic rings. The van der Waals surface area contributed by atoms with Gasteiger partial charge >= 0.3 is 17.9 Å². The summed E-state index contributed by atoms with van der Waals surface area (Å²) >= 11 is 0. The molecule has 0 aliphatic rings. The molecule has 0 amide bonds. The third-order valence-electron chi connectivity index (χ3n) is 4.84. The summed E-state index contributed by atoms with van der Waals surface area (Å²) in [5.41, 5.74) is 5.57. The van der Waals surface area contributed by atoms with Gasteiger partial charge in [0.1, 0.15) is 0 Å². The molecule has 2 aromatic carbocycles. The van der Waals surface area contributed by atoms with Crippen LogP contribution in [0.2, 0.25) is 0 Å². The zero-order valence-corrected chi connectivity index (χ0v) is 17.4. The van der Waals surface area contributed by atoms with Gasteiger partial charge in [-0.25, -0.2) is 14.4 Å². The van der Waals surface area contributed by atoms with Crippen LogP contribution in [0.5, 0.6) is 0 Å². The molecule has 2 N–H and O–H groups in total. The molecule has 0 radical (unpaired) electrons. The topological polar surface area (TPSA) is 97.5 Å². The molecule has 3 rings (SSSR count). The Morgan fingerprint density at radius 1 is 1.03 bits per heavy atom. The summed E-state index contributed by atoms with van der Waals surface area (Å²) in [4.78, 5) is 37.1. The highest BCUT2D eigenvalue weighted by Crippen LogP contribution is 2.21. The summed E-state index contributed by atoms with van der Waals surface area (Å²) in [6, 6.07) is 15.9. The van der Waals surface area contributed by atoms with Crippen LogP contribution in [0.15, 0.2) is 54.6 Å². The van der Waals surface area contributed by atoms with Crippen molar-refractivity contribution in [2.24, 2.45) is 0 Å². The summed E-state index contributed by atoms with van der Waals surface area (Å²) < 4.78 is 8.51. The van der Waals surface area contributed by atoms with Crippen LogP contribution in [-0.2, 0) is 36.8 Å². The summed E-state index contributed by atoms with van der Waals surface area (Å²) in [5, 5.41) is 4.72. The number of nitrogens with one attached hydrogen (secondary N) is 2. The number of methoxy groups -OCH3 is 1. The monoisotopic (exact) mass is 420 g/mol. The second-order valence-electron chi connectivity index (χ2n) is 6.98. The Kier molecular flexibility index (Phi) is 7.35. The number of rotatable bonds is 7. The first-order chi connectivity index (χ1) is 15.0. The van der Waals surface area contributed by atoms with Crippen LogP contribution in [0.3, 0.4) is 0 Å². The normalized spacial score (nSPS) is 11.0. The lowest BCUT2D eigenvalue weighted by Crippen LogP contribution is -2.21. The van der Waals surface area contributed by atoms with Crippen molar-refractivity contribution in [3.8, 4) is 0 Å². The van der Waals surface area contributed by atoms with Crippen LogP contribution in [-0.4, -0.2) is 36.5 Å². The quantitative estimate of drug-likeness (QED) is 0.200. The molecule has 31 heavy (non-hydrogen) atoms. The van der Waals surface area contributed by atoms with Gasteiger partial charge in [0.05, 0.1) is 7.11 Å². The SMILES string of the molecule is COC(=O)C(=O)OC(=O)/C=C/c1ccc(CNCCc2c(C)[nH]c3ccccc23)cc1. The van der Waals surface area contributed by atoms with Crippen LogP contribution in [0.4, 0.5) is 0 Å². The predicted molar refractivity (Wildman–Crippen MR) is 117 cm³/mol. The van der Waals surface area contributed by atoms with Crippen molar-refractivity contribution in [1.82, 2.24) is 10.3 Å². The first-order valence-electron chi connectivity index (χ1n) is 9.86. The molecular weight excluding hydrogens is 396 g/mol. The molecule has 0 saturated heterocycles. The second kappa shape index (κ2) is 10.4. The first-order valence-corrected chi connectivity index (χ1v) is 9.86. The maximum absolute atomic E-state index is 11.5. The maximum Gasteiger partial charge on any atom is 0.425 e. The minimum Gasteiger partial charge on any atom is -0.461 e. The number of fused-ring (bicyclic) bond motifs is 1. The summed E-state index contributed by atoms with van der Waals surface area (Å²) in [6.45, 7) is 3.67. The number of carbonyl (C=O) groups is 3. The molecule has 0 spiro atoms. The Hall–Kier alpha value is -3.71. The van der Waals surface area contributed by atoms with Crippen LogP contribution < -0.4 is 5.32 Å². The van der Waals surface area contributed by atoms with Gasteiger partial charge in [-0.15, -0.1) is 0 Å². The highest BCUT2D eigenvalue weighted by atomic mass is 16.6. The van der Waals surface area contributed by atoms with Crippen molar-refractivity contribution in [3.05, 3.63) is 77.0 Å². The number of hydrogen-bond acceptors (Lipinski definition) is 6. The standard InChI is InChI=1S/C24H24N2O5/c1-16-19(20-5-3-4-6-21(20)26-16)13-14-25-15-18-9-7-17(8-10-18)11-12-22(27)31-24(29)23(28)30-2/h3-12,25-26H,13-15H2,1-2H3/b12-11+. The highest BCUT2D eigenvalue weighted by molar-refractivity contribution is 6.31. The molecule has 1 aromatic heterocycles. The zero-order valence-electron chi connectivity index (χ0n) is 17.4. The van der Waals surface area contributed by atoms with Gasteiger partial charge in [0.15, 0.2) is 0 Å². The lowest BCUT2D eigenvalue weighted by Gasteiger charge is -2.06. The average Bonchev–Trinajstić information content (AvgIpc) is 3.10. The molecule has 0 bridgehead atoms. The van der Waals surface area contributed by atoms with Gasteiger partial charge < -0.3 is 19.8 Å². The number of H-pyrrole nitrogens is 1. The van der Waals surface area contributed by atoms with E-state index in [2.05, 4.69) is 44.9 Å². The number of carbonyl (C=O) groups excluding carboxylic acids is 3. The fourth-order valence-corrected chi connectivity index (χ4v) is 3.26. The van der Waals surface area contributed by atoms with Crippen molar-refractivity contribution in [2.45, 2.75) is 19.9 Å². The molecule has 0 aliphatic carbocycles. The Labute approximate surface area is 180 Å². The van der Waals surface area contributed by atoms with E-state index in [4.69, 9.17) is 0 Å². The predicted octanol–water partition coefficient (Wildman–Crippen LogP) is 3.06. The van der Waals surface area contributed by atoms with E-state index in [1.54, 1.807) is 0 Å². The van der Waals surface area contributed by atoms with Gasteiger partial charge in [-0.3, -0.25) is 0 Å². The lowest BCUT2D eigenvalue weighted by atomic mass is 10.1. The van der Waals surface area contributed by atoms with Crippen LogP contribution >= 0.6 is 0 Å². The molecule has 0 unspecified atom stereocenters. The highest BCUT2D eigenvalue weighted by Gasteiger charge is 2.18. The first kappa shape index (κ1) is 22.0. The van der Waals surface area contributed by atoms with Crippen molar-refractivity contribution in [3.63, 3.8) is 0 Å². The maximum atomic E-state index is 11.5. The van der Waals surface area contributed by atoms with E-state index >= 15 is 0 Å². The summed E-state index contributed by atoms with van der Waals surface area (Å²) in [7, 11) is 1.03. The molecule has 0 fully saturated rings. The van der Waals surface area contributed by atoms with Gasteiger partial charge in [-0.05, 0) is 48.7 Å². The molecule has 0 aliphatic heterocycles. The van der Waals surface area contributed by atoms with Crippen molar-refractivity contribution < 1.29 is 23.9 Å². The molecule has 0 atom stereocenters. The Morgan fingerprint density at radius 2 is 1.77 bits per heavy atom. The molecule has 160 valence electrons. The fraction of sp³-hybridized carbons (Fsp3) is 0.208. The van der Waals surface area contributed by atoms with Crippen LogP contribution in [0, 0.1) is 6.92 Å². The number of aryl methyl sites for hydroxylation is 1. The number of aromatic amines is 1. The van der Waals surface area contributed by atoms with E-state index in [1.165, 1.54) is 22.7 Å². The fourth-order valence-electron chi connectivity index (χ4n) is 3.26. The van der Waals surface area contributed by atoms with Gasteiger partial charge in [0.25, 0.3) is 0 Å². The summed E-state index contributed by atoms with van der Waals surface area (Å²) in [5.74, 6) is -3.51. The number of aromatic nitrogens is 1. The number of ether oxygens (including phenoxy) is 2. The van der Waals surface area contributed by atoms with Gasteiger partial charge in [-0.2, -0.15) is 0 Å². The van der Waals surface area contributed by atoms with E-state index in [9.17, 15) is 14.4 Å². The van der Waals surface area contributed by atoms with Gasteiger partial charge in [0.2, 0.25) is 0 Å².